The fourth-order valence-corrected chi connectivity index (χ4v) is 2.51. The lowest BCUT2D eigenvalue weighted by Gasteiger charge is -2.36. The van der Waals surface area contributed by atoms with Gasteiger partial charge in [-0.05, 0) is 45.1 Å². The predicted octanol–water partition coefficient (Wildman–Crippen LogP) is 3.01. The lowest BCUT2D eigenvalue weighted by Crippen LogP contribution is -2.42. The van der Waals surface area contributed by atoms with Gasteiger partial charge in [-0.25, -0.2) is 4.39 Å². The molecule has 0 aliphatic carbocycles. The first-order chi connectivity index (χ1) is 8.09. The van der Waals surface area contributed by atoms with Gasteiger partial charge in [-0.2, -0.15) is 0 Å². The molecule has 4 heteroatoms. The highest BCUT2D eigenvalue weighted by molar-refractivity contribution is 6.31. The molecule has 1 fully saturated rings. The lowest BCUT2D eigenvalue weighted by molar-refractivity contribution is 0.252. The minimum Gasteiger partial charge on any atom is -0.369 e. The van der Waals surface area contributed by atoms with Crippen LogP contribution in [0.5, 0.6) is 0 Å². The summed E-state index contributed by atoms with van der Waals surface area (Å²) in [6, 6.07) is 5.58. The Kier molecular flexibility index (Phi) is 3.89. The minimum atomic E-state index is -0.310. The van der Waals surface area contributed by atoms with Gasteiger partial charge in [0.15, 0.2) is 5.82 Å². The Hall–Kier alpha value is -0.800. The van der Waals surface area contributed by atoms with Crippen molar-refractivity contribution < 1.29 is 4.39 Å². The SMILES string of the molecule is CN1CCC(N(C)c2cccc(Cl)c2F)CC1. The molecule has 0 N–H and O–H groups in total. The van der Waals surface area contributed by atoms with E-state index in [-0.39, 0.29) is 10.8 Å². The van der Waals surface area contributed by atoms with Crippen LogP contribution < -0.4 is 4.90 Å². The van der Waals surface area contributed by atoms with E-state index in [1.54, 1.807) is 18.2 Å². The lowest BCUT2D eigenvalue weighted by atomic mass is 10.0. The summed E-state index contributed by atoms with van der Waals surface area (Å²) in [5.74, 6) is -0.310. The predicted molar refractivity (Wildman–Crippen MR) is 70.3 cm³/mol. The zero-order chi connectivity index (χ0) is 12.4. The third kappa shape index (κ3) is 2.72. The number of nitrogens with zero attached hydrogens (tertiary/aromatic N) is 2. The van der Waals surface area contributed by atoms with Crippen molar-refractivity contribution in [2.24, 2.45) is 0 Å². The summed E-state index contributed by atoms with van der Waals surface area (Å²) in [6.45, 7) is 2.13. The molecule has 1 aromatic rings. The van der Waals surface area contributed by atoms with Gasteiger partial charge in [-0.3, -0.25) is 0 Å². The minimum absolute atomic E-state index is 0.197. The molecule has 0 spiro atoms. The Bertz CT molecular complexity index is 389. The van der Waals surface area contributed by atoms with Gasteiger partial charge in [-0.15, -0.1) is 0 Å². The fourth-order valence-electron chi connectivity index (χ4n) is 2.34. The van der Waals surface area contributed by atoms with Crippen molar-refractivity contribution >= 4 is 17.3 Å². The zero-order valence-electron chi connectivity index (χ0n) is 10.3. The smallest absolute Gasteiger partial charge is 0.165 e. The molecule has 0 aromatic heterocycles. The largest absolute Gasteiger partial charge is 0.369 e. The summed E-state index contributed by atoms with van der Waals surface area (Å²) in [5, 5.41) is 0.197. The molecule has 2 nitrogen and oxygen atoms in total. The number of likely N-dealkylation sites (tertiary alicyclic amines) is 1. The molecular weight excluding hydrogens is 239 g/mol. The molecule has 94 valence electrons. The number of benzene rings is 1. The standard InChI is InChI=1S/C13H18ClFN2/c1-16-8-6-10(7-9-16)17(2)12-5-3-4-11(14)13(12)15/h3-5,10H,6-9H2,1-2H3. The summed E-state index contributed by atoms with van der Waals surface area (Å²) < 4.78 is 13.9. The second-order valence-electron chi connectivity index (χ2n) is 4.72. The number of halogens is 2. The summed E-state index contributed by atoms with van der Waals surface area (Å²) in [7, 11) is 4.07. The first-order valence-electron chi connectivity index (χ1n) is 5.95. The third-order valence-corrected chi connectivity index (χ3v) is 3.84. The highest BCUT2D eigenvalue weighted by atomic mass is 35.5. The molecule has 0 radical (unpaired) electrons. The van der Waals surface area contributed by atoms with Crippen molar-refractivity contribution in [3.63, 3.8) is 0 Å². The van der Waals surface area contributed by atoms with Crippen LogP contribution in [0, 0.1) is 5.82 Å². The molecule has 1 aromatic carbocycles. The topological polar surface area (TPSA) is 6.48 Å². The highest BCUT2D eigenvalue weighted by Gasteiger charge is 2.22. The van der Waals surface area contributed by atoms with E-state index in [4.69, 9.17) is 11.6 Å². The Morgan fingerprint density at radius 3 is 2.65 bits per heavy atom. The van der Waals surface area contributed by atoms with Crippen molar-refractivity contribution in [1.82, 2.24) is 4.90 Å². The van der Waals surface area contributed by atoms with Gasteiger partial charge >= 0.3 is 0 Å². The molecule has 1 aliphatic heterocycles. The normalized spacial score (nSPS) is 18.4. The summed E-state index contributed by atoms with van der Waals surface area (Å²) in [5.41, 5.74) is 0.604. The van der Waals surface area contributed by atoms with Gasteiger partial charge in [0.25, 0.3) is 0 Å². The maximum absolute atomic E-state index is 13.9. The van der Waals surface area contributed by atoms with Crippen LogP contribution in [-0.4, -0.2) is 38.1 Å². The molecule has 0 unspecified atom stereocenters. The third-order valence-electron chi connectivity index (χ3n) is 3.55. The van der Waals surface area contributed by atoms with E-state index in [1.165, 1.54) is 0 Å². The number of anilines is 1. The second-order valence-corrected chi connectivity index (χ2v) is 5.13. The van der Waals surface area contributed by atoms with E-state index in [0.29, 0.717) is 11.7 Å². The Balaban J connectivity index is 2.14. The van der Waals surface area contributed by atoms with Crippen LogP contribution in [0.15, 0.2) is 18.2 Å². The molecule has 1 aliphatic rings. The van der Waals surface area contributed by atoms with Crippen LogP contribution in [-0.2, 0) is 0 Å². The van der Waals surface area contributed by atoms with Crippen LogP contribution in [0.1, 0.15) is 12.8 Å². The van der Waals surface area contributed by atoms with Crippen LogP contribution in [0.3, 0.4) is 0 Å². The second kappa shape index (κ2) is 5.23. The van der Waals surface area contributed by atoms with Crippen molar-refractivity contribution in [3.05, 3.63) is 29.0 Å². The van der Waals surface area contributed by atoms with Crippen LogP contribution >= 0.6 is 11.6 Å². The molecule has 17 heavy (non-hydrogen) atoms. The van der Waals surface area contributed by atoms with Crippen molar-refractivity contribution in [1.29, 1.82) is 0 Å². The summed E-state index contributed by atoms with van der Waals surface area (Å²) >= 11 is 5.81. The monoisotopic (exact) mass is 256 g/mol. The highest BCUT2D eigenvalue weighted by Crippen LogP contribution is 2.28. The van der Waals surface area contributed by atoms with Gasteiger partial charge < -0.3 is 9.80 Å². The van der Waals surface area contributed by atoms with Gasteiger partial charge in [-0.1, -0.05) is 17.7 Å². The van der Waals surface area contributed by atoms with Gasteiger partial charge in [0.05, 0.1) is 10.7 Å². The van der Waals surface area contributed by atoms with Gasteiger partial charge in [0.1, 0.15) is 0 Å². The van der Waals surface area contributed by atoms with Crippen molar-refractivity contribution in [2.45, 2.75) is 18.9 Å². The first-order valence-corrected chi connectivity index (χ1v) is 6.33. The summed E-state index contributed by atoms with van der Waals surface area (Å²) in [4.78, 5) is 4.33. The zero-order valence-corrected chi connectivity index (χ0v) is 11.0. The maximum Gasteiger partial charge on any atom is 0.165 e. The Morgan fingerprint density at radius 2 is 2.00 bits per heavy atom. The number of hydrogen-bond donors (Lipinski definition) is 0. The summed E-state index contributed by atoms with van der Waals surface area (Å²) in [6.07, 6.45) is 2.14. The molecule has 1 heterocycles. The first kappa shape index (κ1) is 12.7. The quantitative estimate of drug-likeness (QED) is 0.803. The number of piperidine rings is 1. The Labute approximate surface area is 107 Å². The van der Waals surface area contributed by atoms with Gasteiger partial charge in [0.2, 0.25) is 0 Å². The van der Waals surface area contributed by atoms with E-state index in [2.05, 4.69) is 11.9 Å². The maximum atomic E-state index is 13.9. The van der Waals surface area contributed by atoms with E-state index in [1.807, 2.05) is 11.9 Å². The molecule has 0 atom stereocenters. The van der Waals surface area contributed by atoms with Crippen molar-refractivity contribution in [3.8, 4) is 0 Å². The van der Waals surface area contributed by atoms with E-state index < -0.39 is 0 Å². The van der Waals surface area contributed by atoms with Crippen LogP contribution in [0.2, 0.25) is 5.02 Å². The molecule has 1 saturated heterocycles. The van der Waals surface area contributed by atoms with Crippen LogP contribution in [0.25, 0.3) is 0 Å². The van der Waals surface area contributed by atoms with E-state index >= 15 is 0 Å². The average molecular weight is 257 g/mol. The molecular formula is C13H18ClFN2. The van der Waals surface area contributed by atoms with Gasteiger partial charge in [0, 0.05) is 13.1 Å². The number of rotatable bonds is 2. The average Bonchev–Trinajstić information content (AvgIpc) is 2.33. The van der Waals surface area contributed by atoms with Crippen molar-refractivity contribution in [2.75, 3.05) is 32.1 Å². The molecule has 0 bridgehead atoms. The van der Waals surface area contributed by atoms with E-state index in [0.717, 1.165) is 25.9 Å². The van der Waals surface area contributed by atoms with Crippen LogP contribution in [0.4, 0.5) is 10.1 Å². The number of hydrogen-bond acceptors (Lipinski definition) is 2. The molecule has 0 amide bonds. The molecule has 0 saturated carbocycles. The molecule has 2 rings (SSSR count). The fraction of sp³-hybridized carbons (Fsp3) is 0.538. The Morgan fingerprint density at radius 1 is 1.35 bits per heavy atom. The van der Waals surface area contributed by atoms with E-state index in [9.17, 15) is 4.39 Å².